The molecule has 0 atom stereocenters. The zero-order valence-corrected chi connectivity index (χ0v) is 19.7. The van der Waals surface area contributed by atoms with Crippen LogP contribution in [0.4, 0.5) is 14.9 Å². The van der Waals surface area contributed by atoms with Gasteiger partial charge in [-0.15, -0.1) is 0 Å². The van der Waals surface area contributed by atoms with E-state index in [-0.39, 0.29) is 17.8 Å². The van der Waals surface area contributed by atoms with Gasteiger partial charge in [-0.2, -0.15) is 0 Å². The quantitative estimate of drug-likeness (QED) is 0.487. The Morgan fingerprint density at radius 3 is 2.62 bits per heavy atom. The smallest absolute Gasteiger partial charge is 0.293 e. The second-order valence-corrected chi connectivity index (χ2v) is 8.56. The molecule has 0 spiro atoms. The van der Waals surface area contributed by atoms with Crippen molar-refractivity contribution < 1.29 is 28.2 Å². The standard InChI is InChI=1S/C22H20BrFN2O5S/c1-3-8-26-21(28)18(32-22(26)29)11-13-9-16(23)20(17(10-13)30-2)31-12-19(27)25-15-6-4-14(24)5-7-15/h4-7,9-11H,3,8,12H2,1-2H3,(H,25,27)/b18-11+. The molecule has 1 saturated heterocycles. The van der Waals surface area contributed by atoms with Crippen LogP contribution in [-0.4, -0.2) is 42.2 Å². The molecule has 0 aliphatic carbocycles. The predicted molar refractivity (Wildman–Crippen MR) is 124 cm³/mol. The first-order valence-electron chi connectivity index (χ1n) is 9.63. The third-order valence-corrected chi connectivity index (χ3v) is 5.84. The van der Waals surface area contributed by atoms with Gasteiger partial charge in [-0.1, -0.05) is 6.92 Å². The molecule has 2 aromatic carbocycles. The summed E-state index contributed by atoms with van der Waals surface area (Å²) in [5.74, 6) is -0.511. The van der Waals surface area contributed by atoms with Crippen molar-refractivity contribution in [2.75, 3.05) is 25.6 Å². The number of nitrogens with zero attached hydrogens (tertiary/aromatic N) is 1. The van der Waals surface area contributed by atoms with Gasteiger partial charge in [0.05, 0.1) is 16.5 Å². The first-order valence-corrected chi connectivity index (χ1v) is 11.2. The highest BCUT2D eigenvalue weighted by Gasteiger charge is 2.34. The number of imide groups is 1. The normalized spacial score (nSPS) is 14.8. The molecule has 3 amide bonds. The summed E-state index contributed by atoms with van der Waals surface area (Å²) in [6, 6.07) is 8.72. The molecule has 1 N–H and O–H groups in total. The lowest BCUT2D eigenvalue weighted by Gasteiger charge is -2.14. The Morgan fingerprint density at radius 1 is 1.25 bits per heavy atom. The third kappa shape index (κ3) is 5.68. The molecule has 1 aliphatic rings. The molecule has 0 radical (unpaired) electrons. The van der Waals surface area contributed by atoms with Gasteiger partial charge in [0.2, 0.25) is 0 Å². The average Bonchev–Trinajstić information content (AvgIpc) is 3.02. The number of amides is 3. The molecule has 10 heteroatoms. The molecule has 0 saturated carbocycles. The minimum absolute atomic E-state index is 0.291. The van der Waals surface area contributed by atoms with Crippen LogP contribution >= 0.6 is 27.7 Å². The van der Waals surface area contributed by atoms with E-state index in [2.05, 4.69) is 21.2 Å². The van der Waals surface area contributed by atoms with E-state index in [9.17, 15) is 18.8 Å². The Labute approximate surface area is 197 Å². The summed E-state index contributed by atoms with van der Waals surface area (Å²) in [6.07, 6.45) is 2.30. The zero-order chi connectivity index (χ0) is 23.3. The molecule has 3 rings (SSSR count). The summed E-state index contributed by atoms with van der Waals surface area (Å²) in [7, 11) is 1.45. The maximum Gasteiger partial charge on any atom is 0.293 e. The predicted octanol–water partition coefficient (Wildman–Crippen LogP) is 5.06. The van der Waals surface area contributed by atoms with Crippen LogP contribution in [0.3, 0.4) is 0 Å². The van der Waals surface area contributed by atoms with Gasteiger partial charge in [0, 0.05) is 12.2 Å². The van der Waals surface area contributed by atoms with E-state index in [4.69, 9.17) is 9.47 Å². The van der Waals surface area contributed by atoms with Gasteiger partial charge < -0.3 is 14.8 Å². The Morgan fingerprint density at radius 2 is 1.97 bits per heavy atom. The lowest BCUT2D eigenvalue weighted by Crippen LogP contribution is -2.28. The lowest BCUT2D eigenvalue weighted by molar-refractivity contribution is -0.122. The van der Waals surface area contributed by atoms with Crippen LogP contribution in [0.15, 0.2) is 45.8 Å². The Hall–Kier alpha value is -2.85. The number of hydrogen-bond donors (Lipinski definition) is 1. The largest absolute Gasteiger partial charge is 0.493 e. The highest BCUT2D eigenvalue weighted by molar-refractivity contribution is 9.10. The molecule has 7 nitrogen and oxygen atoms in total. The van der Waals surface area contributed by atoms with Crippen LogP contribution in [0.25, 0.3) is 6.08 Å². The minimum atomic E-state index is -0.431. The molecule has 1 aliphatic heterocycles. The van der Waals surface area contributed by atoms with Crippen LogP contribution in [0.5, 0.6) is 11.5 Å². The van der Waals surface area contributed by atoms with Crippen LogP contribution in [0.2, 0.25) is 0 Å². The van der Waals surface area contributed by atoms with Crippen molar-refractivity contribution in [3.63, 3.8) is 0 Å². The fraction of sp³-hybridized carbons (Fsp3) is 0.227. The van der Waals surface area contributed by atoms with Gasteiger partial charge in [-0.3, -0.25) is 19.3 Å². The minimum Gasteiger partial charge on any atom is -0.493 e. The van der Waals surface area contributed by atoms with E-state index in [0.29, 0.717) is 45.1 Å². The van der Waals surface area contributed by atoms with Crippen LogP contribution < -0.4 is 14.8 Å². The van der Waals surface area contributed by atoms with Crippen molar-refractivity contribution in [1.82, 2.24) is 4.90 Å². The molecule has 0 unspecified atom stereocenters. The van der Waals surface area contributed by atoms with Gasteiger partial charge in [-0.25, -0.2) is 4.39 Å². The van der Waals surface area contributed by atoms with Crippen molar-refractivity contribution in [3.8, 4) is 11.5 Å². The highest BCUT2D eigenvalue weighted by Crippen LogP contribution is 2.39. The fourth-order valence-corrected chi connectivity index (χ4v) is 4.34. The van der Waals surface area contributed by atoms with E-state index >= 15 is 0 Å². The maximum atomic E-state index is 13.0. The number of carbonyl (C=O) groups is 3. The zero-order valence-electron chi connectivity index (χ0n) is 17.3. The van der Waals surface area contributed by atoms with Gasteiger partial charge >= 0.3 is 0 Å². The second-order valence-electron chi connectivity index (χ2n) is 6.71. The van der Waals surface area contributed by atoms with E-state index in [1.54, 1.807) is 18.2 Å². The molecule has 168 valence electrons. The number of ether oxygens (including phenoxy) is 2. The number of halogens is 2. The van der Waals surface area contributed by atoms with Crippen LogP contribution in [0.1, 0.15) is 18.9 Å². The third-order valence-electron chi connectivity index (χ3n) is 4.35. The number of anilines is 1. The van der Waals surface area contributed by atoms with Crippen molar-refractivity contribution in [3.05, 3.63) is 57.2 Å². The van der Waals surface area contributed by atoms with Gasteiger partial charge in [-0.05, 0) is 82.2 Å². The van der Waals surface area contributed by atoms with Crippen LogP contribution in [0, 0.1) is 5.82 Å². The van der Waals surface area contributed by atoms with E-state index in [1.165, 1.54) is 36.3 Å². The van der Waals surface area contributed by atoms with Gasteiger partial charge in [0.25, 0.3) is 17.1 Å². The Bertz CT molecular complexity index is 1070. The highest BCUT2D eigenvalue weighted by atomic mass is 79.9. The second kappa shape index (κ2) is 10.6. The summed E-state index contributed by atoms with van der Waals surface area (Å²) in [5, 5.41) is 2.32. The summed E-state index contributed by atoms with van der Waals surface area (Å²) >= 11 is 4.29. The lowest BCUT2D eigenvalue weighted by atomic mass is 10.2. The summed E-state index contributed by atoms with van der Waals surface area (Å²) in [6.45, 7) is 1.97. The average molecular weight is 523 g/mol. The molecule has 0 aromatic heterocycles. The van der Waals surface area contributed by atoms with E-state index in [0.717, 1.165) is 11.8 Å². The number of carbonyl (C=O) groups excluding carboxylic acids is 3. The molecular weight excluding hydrogens is 503 g/mol. The van der Waals surface area contributed by atoms with Crippen molar-refractivity contribution in [2.45, 2.75) is 13.3 Å². The number of methoxy groups -OCH3 is 1. The van der Waals surface area contributed by atoms with E-state index in [1.807, 2.05) is 6.92 Å². The van der Waals surface area contributed by atoms with Crippen molar-refractivity contribution in [1.29, 1.82) is 0 Å². The number of nitrogens with one attached hydrogen (secondary N) is 1. The number of benzene rings is 2. The molecular formula is C22H20BrFN2O5S. The van der Waals surface area contributed by atoms with E-state index < -0.39 is 11.7 Å². The molecule has 2 aromatic rings. The molecule has 0 bridgehead atoms. The summed E-state index contributed by atoms with van der Waals surface area (Å²) in [5.41, 5.74) is 1.07. The van der Waals surface area contributed by atoms with Crippen LogP contribution in [-0.2, 0) is 9.59 Å². The molecule has 1 fully saturated rings. The number of hydrogen-bond acceptors (Lipinski definition) is 6. The van der Waals surface area contributed by atoms with Crippen molar-refractivity contribution in [2.24, 2.45) is 0 Å². The van der Waals surface area contributed by atoms with Crippen molar-refractivity contribution >= 4 is 56.5 Å². The van der Waals surface area contributed by atoms with Gasteiger partial charge in [0.15, 0.2) is 18.1 Å². The Kier molecular flexibility index (Phi) is 7.92. The van der Waals surface area contributed by atoms with Gasteiger partial charge in [0.1, 0.15) is 5.82 Å². The summed E-state index contributed by atoms with van der Waals surface area (Å²) in [4.78, 5) is 38.2. The molecule has 1 heterocycles. The molecule has 32 heavy (non-hydrogen) atoms. The first kappa shape index (κ1) is 23.8. The monoisotopic (exact) mass is 522 g/mol. The SMILES string of the molecule is CCCN1C(=O)S/C(=C/c2cc(Br)c(OCC(=O)Nc3ccc(F)cc3)c(OC)c2)C1=O. The summed E-state index contributed by atoms with van der Waals surface area (Å²) < 4.78 is 24.5. The fourth-order valence-electron chi connectivity index (χ4n) is 2.90. The maximum absolute atomic E-state index is 13.0. The first-order chi connectivity index (χ1) is 15.3. The topological polar surface area (TPSA) is 84.9 Å². The Balaban J connectivity index is 1.72. The number of rotatable bonds is 8. The number of thioether (sulfide) groups is 1.